The van der Waals surface area contributed by atoms with Crippen molar-refractivity contribution in [3.05, 3.63) is 54.4 Å². The minimum absolute atomic E-state index is 0.0112. The third kappa shape index (κ3) is 3.26. The van der Waals surface area contributed by atoms with E-state index in [1.807, 2.05) is 35.2 Å². The third-order valence-corrected chi connectivity index (χ3v) is 4.74. The quantitative estimate of drug-likeness (QED) is 0.944. The number of benzene rings is 1. The molecule has 1 amide bonds. The van der Waals surface area contributed by atoms with Crippen molar-refractivity contribution >= 4 is 5.91 Å². The van der Waals surface area contributed by atoms with E-state index in [0.29, 0.717) is 23.5 Å². The molecule has 3 heterocycles. The van der Waals surface area contributed by atoms with Gasteiger partial charge >= 0.3 is 0 Å². The van der Waals surface area contributed by atoms with E-state index in [2.05, 4.69) is 10.3 Å². The number of aromatic nitrogens is 1. The summed E-state index contributed by atoms with van der Waals surface area (Å²) < 4.78 is 5.81. The van der Waals surface area contributed by atoms with Gasteiger partial charge in [-0.3, -0.25) is 9.78 Å². The average Bonchev–Trinajstić information content (AvgIpc) is 2.94. The number of carbonyl (C=O) groups is 1. The summed E-state index contributed by atoms with van der Waals surface area (Å²) >= 11 is 0. The van der Waals surface area contributed by atoms with Gasteiger partial charge in [0, 0.05) is 37.4 Å². The van der Waals surface area contributed by atoms with Crippen molar-refractivity contribution < 1.29 is 9.53 Å². The molecule has 0 saturated carbocycles. The number of para-hydroxylation sites is 1. The maximum absolute atomic E-state index is 12.8. The Labute approximate surface area is 141 Å². The summed E-state index contributed by atoms with van der Waals surface area (Å²) in [7, 11) is 0. The Morgan fingerprint density at radius 1 is 1.08 bits per heavy atom. The van der Waals surface area contributed by atoms with Crippen LogP contribution in [-0.4, -0.2) is 41.0 Å². The summed E-state index contributed by atoms with van der Waals surface area (Å²) in [5, 5.41) is 3.59. The summed E-state index contributed by atoms with van der Waals surface area (Å²) in [4.78, 5) is 19.0. The molecule has 5 heteroatoms. The monoisotopic (exact) mass is 323 g/mol. The molecule has 1 aromatic carbocycles. The molecule has 2 bridgehead atoms. The van der Waals surface area contributed by atoms with Crippen LogP contribution in [0.2, 0.25) is 0 Å². The fourth-order valence-electron chi connectivity index (χ4n) is 3.51. The number of fused-ring (bicyclic) bond motifs is 2. The summed E-state index contributed by atoms with van der Waals surface area (Å²) in [5.41, 5.74) is 0.446. The van der Waals surface area contributed by atoms with Crippen LogP contribution in [0.25, 0.3) is 0 Å². The topological polar surface area (TPSA) is 54.5 Å². The van der Waals surface area contributed by atoms with Gasteiger partial charge in [-0.05, 0) is 37.5 Å². The smallest absolute Gasteiger partial charge is 0.272 e. The molecule has 2 atom stereocenters. The molecule has 24 heavy (non-hydrogen) atoms. The highest BCUT2D eigenvalue weighted by Gasteiger charge is 2.31. The van der Waals surface area contributed by atoms with Gasteiger partial charge in [0.15, 0.2) is 0 Å². The number of nitrogens with one attached hydrogen (secondary N) is 1. The van der Waals surface area contributed by atoms with Crippen LogP contribution >= 0.6 is 0 Å². The molecule has 2 aliphatic heterocycles. The number of carbonyl (C=O) groups excluding carboxylic acids is 1. The zero-order valence-electron chi connectivity index (χ0n) is 13.5. The fraction of sp³-hybridized carbons (Fsp3) is 0.368. The van der Waals surface area contributed by atoms with Gasteiger partial charge in [0.25, 0.3) is 5.91 Å². The normalized spacial score (nSPS) is 22.9. The Hall–Kier alpha value is -2.40. The van der Waals surface area contributed by atoms with Gasteiger partial charge in [-0.2, -0.15) is 0 Å². The van der Waals surface area contributed by atoms with Crippen molar-refractivity contribution in [1.29, 1.82) is 0 Å². The SMILES string of the molecule is O=C(c1cc(Oc2ccccc2)ccn1)N1CCC2CCC(C1)N2. The molecule has 1 aromatic heterocycles. The number of nitrogens with zero attached hydrogens (tertiary/aromatic N) is 2. The van der Waals surface area contributed by atoms with Crippen LogP contribution in [0, 0.1) is 0 Å². The van der Waals surface area contributed by atoms with Crippen molar-refractivity contribution in [3.8, 4) is 11.5 Å². The second-order valence-electron chi connectivity index (χ2n) is 6.47. The van der Waals surface area contributed by atoms with Gasteiger partial charge < -0.3 is 15.0 Å². The second-order valence-corrected chi connectivity index (χ2v) is 6.47. The molecular formula is C19H21N3O2. The zero-order chi connectivity index (χ0) is 16.4. The first-order valence-corrected chi connectivity index (χ1v) is 8.52. The molecule has 0 aliphatic carbocycles. The van der Waals surface area contributed by atoms with Crippen molar-refractivity contribution in [3.63, 3.8) is 0 Å². The van der Waals surface area contributed by atoms with E-state index in [1.165, 1.54) is 6.42 Å². The molecule has 4 rings (SSSR count). The van der Waals surface area contributed by atoms with E-state index in [4.69, 9.17) is 4.74 Å². The Bertz CT molecular complexity index is 720. The van der Waals surface area contributed by atoms with Crippen LogP contribution in [0.15, 0.2) is 48.7 Å². The Morgan fingerprint density at radius 2 is 1.92 bits per heavy atom. The highest BCUT2D eigenvalue weighted by molar-refractivity contribution is 5.92. The van der Waals surface area contributed by atoms with Gasteiger partial charge in [-0.25, -0.2) is 0 Å². The van der Waals surface area contributed by atoms with Gasteiger partial charge in [0.1, 0.15) is 17.2 Å². The van der Waals surface area contributed by atoms with Crippen LogP contribution in [0.1, 0.15) is 29.8 Å². The van der Waals surface area contributed by atoms with E-state index < -0.39 is 0 Å². The van der Waals surface area contributed by atoms with Crippen LogP contribution in [0.3, 0.4) is 0 Å². The lowest BCUT2D eigenvalue weighted by Crippen LogP contribution is -2.39. The lowest BCUT2D eigenvalue weighted by Gasteiger charge is -2.24. The van der Waals surface area contributed by atoms with Gasteiger partial charge in [-0.15, -0.1) is 0 Å². The lowest BCUT2D eigenvalue weighted by molar-refractivity contribution is 0.0742. The summed E-state index contributed by atoms with van der Waals surface area (Å²) in [6, 6.07) is 14.0. The number of ether oxygens (including phenoxy) is 1. The molecule has 124 valence electrons. The lowest BCUT2D eigenvalue weighted by atomic mass is 10.1. The molecular weight excluding hydrogens is 302 g/mol. The summed E-state index contributed by atoms with van der Waals surface area (Å²) in [6.07, 6.45) is 5.03. The molecule has 2 fully saturated rings. The standard InChI is InChI=1S/C19H21N3O2/c23-19(22-11-9-14-6-7-15(13-22)21-14)18-12-17(8-10-20-18)24-16-4-2-1-3-5-16/h1-5,8,10,12,14-15,21H,6-7,9,11,13H2. The van der Waals surface area contributed by atoms with Gasteiger partial charge in [0.05, 0.1) is 0 Å². The highest BCUT2D eigenvalue weighted by Crippen LogP contribution is 2.24. The second kappa shape index (κ2) is 6.61. The Balaban J connectivity index is 1.49. The molecule has 0 radical (unpaired) electrons. The van der Waals surface area contributed by atoms with E-state index in [0.717, 1.165) is 31.7 Å². The predicted octanol–water partition coefficient (Wildman–Crippen LogP) is 2.84. The minimum atomic E-state index is -0.0112. The minimum Gasteiger partial charge on any atom is -0.457 e. The molecule has 2 saturated heterocycles. The number of pyridine rings is 1. The number of amides is 1. The molecule has 2 aliphatic rings. The summed E-state index contributed by atoms with van der Waals surface area (Å²) in [6.45, 7) is 1.55. The first-order chi connectivity index (χ1) is 11.8. The van der Waals surface area contributed by atoms with E-state index in [9.17, 15) is 4.79 Å². The van der Waals surface area contributed by atoms with Gasteiger partial charge in [-0.1, -0.05) is 18.2 Å². The van der Waals surface area contributed by atoms with Crippen LogP contribution < -0.4 is 10.1 Å². The molecule has 2 aromatic rings. The molecule has 1 N–H and O–H groups in total. The number of rotatable bonds is 3. The Morgan fingerprint density at radius 3 is 2.79 bits per heavy atom. The number of hydrogen-bond acceptors (Lipinski definition) is 4. The molecule has 5 nitrogen and oxygen atoms in total. The van der Waals surface area contributed by atoms with E-state index in [-0.39, 0.29) is 5.91 Å². The maximum Gasteiger partial charge on any atom is 0.272 e. The average molecular weight is 323 g/mol. The van der Waals surface area contributed by atoms with Crippen molar-refractivity contribution in [1.82, 2.24) is 15.2 Å². The number of hydrogen-bond donors (Lipinski definition) is 1. The Kier molecular flexibility index (Phi) is 4.17. The maximum atomic E-state index is 12.8. The first-order valence-electron chi connectivity index (χ1n) is 8.52. The van der Waals surface area contributed by atoms with Crippen LogP contribution in [-0.2, 0) is 0 Å². The van der Waals surface area contributed by atoms with E-state index in [1.54, 1.807) is 18.3 Å². The number of likely N-dealkylation sites (tertiary alicyclic amines) is 1. The van der Waals surface area contributed by atoms with Gasteiger partial charge in [0.2, 0.25) is 0 Å². The third-order valence-electron chi connectivity index (χ3n) is 4.74. The molecule has 0 spiro atoms. The van der Waals surface area contributed by atoms with Crippen molar-refractivity contribution in [2.24, 2.45) is 0 Å². The summed E-state index contributed by atoms with van der Waals surface area (Å²) in [5.74, 6) is 1.37. The highest BCUT2D eigenvalue weighted by atomic mass is 16.5. The van der Waals surface area contributed by atoms with E-state index >= 15 is 0 Å². The largest absolute Gasteiger partial charge is 0.457 e. The van der Waals surface area contributed by atoms with Crippen LogP contribution in [0.5, 0.6) is 11.5 Å². The van der Waals surface area contributed by atoms with Crippen molar-refractivity contribution in [2.75, 3.05) is 13.1 Å². The predicted molar refractivity (Wildman–Crippen MR) is 91.2 cm³/mol. The van der Waals surface area contributed by atoms with Crippen LogP contribution in [0.4, 0.5) is 0 Å². The first kappa shape index (κ1) is 15.1. The van der Waals surface area contributed by atoms with Crippen molar-refractivity contribution in [2.45, 2.75) is 31.3 Å². The fourth-order valence-corrected chi connectivity index (χ4v) is 3.51. The zero-order valence-corrected chi connectivity index (χ0v) is 13.5. The molecule has 2 unspecified atom stereocenters.